The van der Waals surface area contributed by atoms with E-state index in [1.807, 2.05) is 30.3 Å². The summed E-state index contributed by atoms with van der Waals surface area (Å²) in [6.07, 6.45) is 2.37. The van der Waals surface area contributed by atoms with E-state index in [1.54, 1.807) is 12.1 Å². The average molecular weight is 369 g/mol. The quantitative estimate of drug-likeness (QED) is 0.525. The molecule has 0 saturated carbocycles. The number of ether oxygens (including phenoxy) is 1. The molecule has 2 aromatic carbocycles. The van der Waals surface area contributed by atoms with Gasteiger partial charge in [-0.05, 0) is 50.1 Å². The van der Waals surface area contributed by atoms with Gasteiger partial charge in [0.05, 0.1) is 6.21 Å². The Labute approximate surface area is 160 Å². The smallest absolute Gasteiger partial charge is 0.277 e. The molecule has 0 fully saturated rings. The SMILES string of the molecule is CCc1ccc(OCC(=O)N/N=C\c2ccc(N(CC)CC)cc2O)cc1. The highest BCUT2D eigenvalue weighted by molar-refractivity contribution is 5.86. The van der Waals surface area contributed by atoms with Crippen LogP contribution in [0.15, 0.2) is 47.6 Å². The second-order valence-electron chi connectivity index (χ2n) is 5.99. The summed E-state index contributed by atoms with van der Waals surface area (Å²) in [5.74, 6) is 0.380. The minimum Gasteiger partial charge on any atom is -0.507 e. The number of nitrogens with one attached hydrogen (secondary N) is 1. The third-order valence-corrected chi connectivity index (χ3v) is 4.24. The second kappa shape index (κ2) is 10.2. The van der Waals surface area contributed by atoms with Crippen LogP contribution in [0.4, 0.5) is 5.69 Å². The number of aromatic hydroxyl groups is 1. The molecule has 0 radical (unpaired) electrons. The van der Waals surface area contributed by atoms with E-state index >= 15 is 0 Å². The lowest BCUT2D eigenvalue weighted by Crippen LogP contribution is -2.24. The predicted molar refractivity (Wildman–Crippen MR) is 109 cm³/mol. The molecule has 2 rings (SSSR count). The van der Waals surface area contributed by atoms with Crippen molar-refractivity contribution in [1.82, 2.24) is 5.43 Å². The highest BCUT2D eigenvalue weighted by Crippen LogP contribution is 2.23. The van der Waals surface area contributed by atoms with Gasteiger partial charge in [-0.15, -0.1) is 0 Å². The summed E-state index contributed by atoms with van der Waals surface area (Å²) in [6, 6.07) is 13.0. The zero-order valence-corrected chi connectivity index (χ0v) is 16.1. The summed E-state index contributed by atoms with van der Waals surface area (Å²) in [7, 11) is 0. The molecule has 0 heterocycles. The Bertz CT molecular complexity index is 769. The van der Waals surface area contributed by atoms with Gasteiger partial charge in [-0.3, -0.25) is 4.79 Å². The molecular formula is C21H27N3O3. The van der Waals surface area contributed by atoms with E-state index in [0.29, 0.717) is 11.3 Å². The lowest BCUT2D eigenvalue weighted by Gasteiger charge is -2.21. The van der Waals surface area contributed by atoms with Crippen molar-refractivity contribution in [2.24, 2.45) is 5.10 Å². The first-order valence-electron chi connectivity index (χ1n) is 9.18. The fourth-order valence-electron chi connectivity index (χ4n) is 2.60. The fraction of sp³-hybridized carbons (Fsp3) is 0.333. The molecule has 6 nitrogen and oxygen atoms in total. The highest BCUT2D eigenvalue weighted by Gasteiger charge is 2.06. The number of phenolic OH excluding ortho intramolecular Hbond substituents is 1. The first-order valence-corrected chi connectivity index (χ1v) is 9.18. The Kier molecular flexibility index (Phi) is 7.67. The van der Waals surface area contributed by atoms with Crippen molar-refractivity contribution in [1.29, 1.82) is 0 Å². The zero-order valence-electron chi connectivity index (χ0n) is 16.1. The van der Waals surface area contributed by atoms with Crippen LogP contribution in [0.25, 0.3) is 0 Å². The van der Waals surface area contributed by atoms with Crippen LogP contribution in [-0.2, 0) is 11.2 Å². The standard InChI is InChI=1S/C21H27N3O3/c1-4-16-7-11-19(12-8-16)27-15-21(26)23-22-14-17-9-10-18(13-20(17)25)24(5-2)6-3/h7-14,25H,4-6,15H2,1-3H3,(H,23,26)/b22-14-. The number of rotatable bonds is 9. The maximum absolute atomic E-state index is 11.8. The minimum atomic E-state index is -0.370. The van der Waals surface area contributed by atoms with Crippen molar-refractivity contribution in [2.75, 3.05) is 24.6 Å². The van der Waals surface area contributed by atoms with Crippen molar-refractivity contribution in [2.45, 2.75) is 27.2 Å². The number of hydrogen-bond acceptors (Lipinski definition) is 5. The molecule has 6 heteroatoms. The summed E-state index contributed by atoms with van der Waals surface area (Å²) in [5, 5.41) is 14.0. The van der Waals surface area contributed by atoms with Gasteiger partial charge in [-0.2, -0.15) is 5.10 Å². The molecule has 0 aliphatic heterocycles. The van der Waals surface area contributed by atoms with Gasteiger partial charge >= 0.3 is 0 Å². The van der Waals surface area contributed by atoms with Gasteiger partial charge in [0.1, 0.15) is 11.5 Å². The first-order chi connectivity index (χ1) is 13.1. The number of carbonyl (C=O) groups is 1. The number of aryl methyl sites for hydroxylation is 1. The number of carbonyl (C=O) groups excluding carboxylic acids is 1. The largest absolute Gasteiger partial charge is 0.507 e. The predicted octanol–water partition coefficient (Wildman–Crippen LogP) is 3.33. The number of hydrazone groups is 1. The van der Waals surface area contributed by atoms with Crippen molar-refractivity contribution in [3.05, 3.63) is 53.6 Å². The molecule has 0 saturated heterocycles. The average Bonchev–Trinajstić information content (AvgIpc) is 2.69. The van der Waals surface area contributed by atoms with Crippen LogP contribution in [0, 0.1) is 0 Å². The number of amides is 1. The Morgan fingerprint density at radius 2 is 1.85 bits per heavy atom. The van der Waals surface area contributed by atoms with Crippen molar-refractivity contribution >= 4 is 17.8 Å². The number of phenols is 1. The lowest BCUT2D eigenvalue weighted by molar-refractivity contribution is -0.123. The summed E-state index contributed by atoms with van der Waals surface area (Å²) in [4.78, 5) is 13.9. The van der Waals surface area contributed by atoms with Crippen molar-refractivity contribution in [3.63, 3.8) is 0 Å². The summed E-state index contributed by atoms with van der Waals surface area (Å²) < 4.78 is 5.42. The van der Waals surface area contributed by atoms with Crippen molar-refractivity contribution < 1.29 is 14.6 Å². The molecule has 27 heavy (non-hydrogen) atoms. The molecular weight excluding hydrogens is 342 g/mol. The van der Waals surface area contributed by atoms with E-state index in [2.05, 4.69) is 36.2 Å². The van der Waals surface area contributed by atoms with E-state index in [9.17, 15) is 9.90 Å². The monoisotopic (exact) mass is 369 g/mol. The Morgan fingerprint density at radius 3 is 2.44 bits per heavy atom. The Balaban J connectivity index is 1.85. The fourth-order valence-corrected chi connectivity index (χ4v) is 2.60. The Hall–Kier alpha value is -3.02. The van der Waals surface area contributed by atoms with Gasteiger partial charge in [-0.25, -0.2) is 5.43 Å². The van der Waals surface area contributed by atoms with Crippen LogP contribution in [0.1, 0.15) is 31.9 Å². The van der Waals surface area contributed by atoms with Crippen LogP contribution < -0.4 is 15.1 Å². The van der Waals surface area contributed by atoms with E-state index in [4.69, 9.17) is 4.74 Å². The molecule has 0 aromatic heterocycles. The maximum atomic E-state index is 11.8. The third kappa shape index (κ3) is 6.02. The second-order valence-corrected chi connectivity index (χ2v) is 5.99. The van der Waals surface area contributed by atoms with E-state index < -0.39 is 0 Å². The molecule has 0 atom stereocenters. The summed E-state index contributed by atoms with van der Waals surface area (Å²) in [5.41, 5.74) is 5.08. The molecule has 1 amide bonds. The van der Waals surface area contributed by atoms with Gasteiger partial charge in [0.15, 0.2) is 6.61 Å². The van der Waals surface area contributed by atoms with Crippen LogP contribution in [-0.4, -0.2) is 36.9 Å². The lowest BCUT2D eigenvalue weighted by atomic mass is 10.2. The molecule has 0 aliphatic carbocycles. The van der Waals surface area contributed by atoms with Crippen LogP contribution in [0.5, 0.6) is 11.5 Å². The normalized spacial score (nSPS) is 10.8. The van der Waals surface area contributed by atoms with Crippen molar-refractivity contribution in [3.8, 4) is 11.5 Å². The van der Waals surface area contributed by atoms with Crippen LogP contribution in [0.2, 0.25) is 0 Å². The zero-order chi connectivity index (χ0) is 19.6. The molecule has 0 unspecified atom stereocenters. The van der Waals surface area contributed by atoms with E-state index in [-0.39, 0.29) is 18.3 Å². The van der Waals surface area contributed by atoms with Gasteiger partial charge in [0, 0.05) is 30.4 Å². The number of benzene rings is 2. The molecule has 0 bridgehead atoms. The number of hydrogen-bond donors (Lipinski definition) is 2. The number of anilines is 1. The van der Waals surface area contributed by atoms with Gasteiger partial charge in [0.2, 0.25) is 0 Å². The molecule has 0 aliphatic rings. The summed E-state index contributed by atoms with van der Waals surface area (Å²) >= 11 is 0. The molecule has 0 spiro atoms. The first kappa shape index (κ1) is 20.3. The maximum Gasteiger partial charge on any atom is 0.277 e. The summed E-state index contributed by atoms with van der Waals surface area (Å²) in [6.45, 7) is 7.80. The third-order valence-electron chi connectivity index (χ3n) is 4.24. The van der Waals surface area contributed by atoms with E-state index in [1.165, 1.54) is 11.8 Å². The highest BCUT2D eigenvalue weighted by atomic mass is 16.5. The van der Waals surface area contributed by atoms with Gasteiger partial charge in [0.25, 0.3) is 5.91 Å². The molecule has 2 aromatic rings. The molecule has 144 valence electrons. The number of nitrogens with zero attached hydrogens (tertiary/aromatic N) is 2. The van der Waals surface area contributed by atoms with Gasteiger partial charge in [-0.1, -0.05) is 19.1 Å². The van der Waals surface area contributed by atoms with Gasteiger partial charge < -0.3 is 14.7 Å². The van der Waals surface area contributed by atoms with E-state index in [0.717, 1.165) is 25.2 Å². The van der Waals surface area contributed by atoms with Crippen LogP contribution >= 0.6 is 0 Å². The van der Waals surface area contributed by atoms with Crippen LogP contribution in [0.3, 0.4) is 0 Å². The molecule has 2 N–H and O–H groups in total. The topological polar surface area (TPSA) is 74.2 Å². The Morgan fingerprint density at radius 1 is 1.15 bits per heavy atom. The minimum absolute atomic E-state index is 0.115.